The van der Waals surface area contributed by atoms with Crippen molar-refractivity contribution in [3.05, 3.63) is 47.6 Å². The van der Waals surface area contributed by atoms with Crippen molar-refractivity contribution in [2.75, 3.05) is 33.9 Å². The number of methoxy groups -OCH3 is 2. The van der Waals surface area contributed by atoms with E-state index in [-0.39, 0.29) is 0 Å². The summed E-state index contributed by atoms with van der Waals surface area (Å²) in [4.78, 5) is 2.61. The van der Waals surface area contributed by atoms with Crippen LogP contribution in [0.25, 0.3) is 0 Å². The van der Waals surface area contributed by atoms with Crippen LogP contribution in [0.3, 0.4) is 0 Å². The fourth-order valence-electron chi connectivity index (χ4n) is 3.99. The number of benzene rings is 1. The Morgan fingerprint density at radius 1 is 1.23 bits per heavy atom. The van der Waals surface area contributed by atoms with Gasteiger partial charge in [-0.15, -0.1) is 0 Å². The number of nitrogens with zero attached hydrogens (tertiary/aromatic N) is 1. The first-order valence-corrected chi connectivity index (χ1v) is 9.71. The Morgan fingerprint density at radius 2 is 2.12 bits per heavy atom. The SMILES string of the molecule is COc1ccc(CNC2CCN(CC3=CC=CCC3)CC2C)c(OC)c1. The summed E-state index contributed by atoms with van der Waals surface area (Å²) in [7, 11) is 3.40. The van der Waals surface area contributed by atoms with Crippen LogP contribution in [0.15, 0.2) is 42.0 Å². The number of rotatable bonds is 7. The van der Waals surface area contributed by atoms with Crippen LogP contribution in [0.5, 0.6) is 11.5 Å². The predicted molar refractivity (Wildman–Crippen MR) is 107 cm³/mol. The lowest BCUT2D eigenvalue weighted by Crippen LogP contribution is -2.48. The third-order valence-corrected chi connectivity index (χ3v) is 5.57. The molecule has 4 heteroatoms. The van der Waals surface area contributed by atoms with Crippen molar-refractivity contribution in [3.8, 4) is 11.5 Å². The molecule has 2 atom stereocenters. The number of likely N-dealkylation sites (tertiary alicyclic amines) is 1. The highest BCUT2D eigenvalue weighted by molar-refractivity contribution is 5.40. The molecule has 0 amide bonds. The van der Waals surface area contributed by atoms with E-state index >= 15 is 0 Å². The van der Waals surface area contributed by atoms with Gasteiger partial charge in [0.25, 0.3) is 0 Å². The van der Waals surface area contributed by atoms with Gasteiger partial charge in [-0.3, -0.25) is 4.90 Å². The Morgan fingerprint density at radius 3 is 2.81 bits per heavy atom. The van der Waals surface area contributed by atoms with Gasteiger partial charge in [0.2, 0.25) is 0 Å². The molecule has 1 heterocycles. The van der Waals surface area contributed by atoms with Gasteiger partial charge in [0.05, 0.1) is 14.2 Å². The number of nitrogens with one attached hydrogen (secondary N) is 1. The van der Waals surface area contributed by atoms with Crippen LogP contribution < -0.4 is 14.8 Å². The zero-order valence-corrected chi connectivity index (χ0v) is 16.3. The predicted octanol–water partition coefficient (Wildman–Crippen LogP) is 3.78. The molecule has 2 unspecified atom stereocenters. The number of ether oxygens (including phenoxy) is 2. The van der Waals surface area contributed by atoms with Crippen molar-refractivity contribution in [1.29, 1.82) is 0 Å². The van der Waals surface area contributed by atoms with Crippen LogP contribution >= 0.6 is 0 Å². The van der Waals surface area contributed by atoms with Gasteiger partial charge in [-0.2, -0.15) is 0 Å². The number of piperidine rings is 1. The maximum atomic E-state index is 5.52. The third kappa shape index (κ3) is 4.89. The minimum atomic E-state index is 0.554. The van der Waals surface area contributed by atoms with E-state index < -0.39 is 0 Å². The fourth-order valence-corrected chi connectivity index (χ4v) is 3.99. The lowest BCUT2D eigenvalue weighted by Gasteiger charge is -2.38. The minimum absolute atomic E-state index is 0.554. The van der Waals surface area contributed by atoms with Crippen LogP contribution in [-0.2, 0) is 6.54 Å². The number of hydrogen-bond acceptors (Lipinski definition) is 4. The maximum absolute atomic E-state index is 5.52. The maximum Gasteiger partial charge on any atom is 0.127 e. The minimum Gasteiger partial charge on any atom is -0.497 e. The first-order valence-electron chi connectivity index (χ1n) is 9.71. The first kappa shape index (κ1) is 19.0. The molecule has 26 heavy (non-hydrogen) atoms. The quantitative estimate of drug-likeness (QED) is 0.806. The second kappa shape index (κ2) is 9.24. The van der Waals surface area contributed by atoms with Gasteiger partial charge in [-0.25, -0.2) is 0 Å². The summed E-state index contributed by atoms with van der Waals surface area (Å²) in [5.74, 6) is 2.37. The molecule has 1 aliphatic carbocycles. The molecule has 1 aromatic carbocycles. The molecule has 0 aromatic heterocycles. The van der Waals surface area contributed by atoms with Crippen molar-refractivity contribution in [2.45, 2.75) is 38.8 Å². The van der Waals surface area contributed by atoms with E-state index in [1.54, 1.807) is 19.8 Å². The second-order valence-electron chi connectivity index (χ2n) is 7.46. The molecule has 1 aromatic rings. The van der Waals surface area contributed by atoms with Gasteiger partial charge >= 0.3 is 0 Å². The summed E-state index contributed by atoms with van der Waals surface area (Å²) >= 11 is 0. The molecule has 0 radical (unpaired) electrons. The summed E-state index contributed by atoms with van der Waals surface area (Å²) in [6, 6.07) is 6.60. The molecule has 4 nitrogen and oxygen atoms in total. The van der Waals surface area contributed by atoms with Gasteiger partial charge < -0.3 is 14.8 Å². The van der Waals surface area contributed by atoms with Gasteiger partial charge in [0.1, 0.15) is 11.5 Å². The zero-order valence-electron chi connectivity index (χ0n) is 16.3. The lowest BCUT2D eigenvalue weighted by molar-refractivity contribution is 0.155. The smallest absolute Gasteiger partial charge is 0.127 e. The highest BCUT2D eigenvalue weighted by atomic mass is 16.5. The molecule has 0 saturated carbocycles. The number of allylic oxidation sites excluding steroid dienone is 3. The van der Waals surface area contributed by atoms with Crippen molar-refractivity contribution >= 4 is 0 Å². The summed E-state index contributed by atoms with van der Waals surface area (Å²) in [6.45, 7) is 6.66. The molecule has 0 bridgehead atoms. The van der Waals surface area contributed by atoms with E-state index in [1.807, 2.05) is 12.1 Å². The topological polar surface area (TPSA) is 33.7 Å². The van der Waals surface area contributed by atoms with Gasteiger partial charge in [0, 0.05) is 37.3 Å². The molecular weight excluding hydrogens is 324 g/mol. The highest BCUT2D eigenvalue weighted by Crippen LogP contribution is 2.26. The Hall–Kier alpha value is -1.78. The fraction of sp³-hybridized carbons (Fsp3) is 0.545. The van der Waals surface area contributed by atoms with E-state index in [2.05, 4.69) is 41.4 Å². The van der Waals surface area contributed by atoms with E-state index in [9.17, 15) is 0 Å². The van der Waals surface area contributed by atoms with Crippen LogP contribution in [0.1, 0.15) is 31.7 Å². The average molecular weight is 357 g/mol. The zero-order chi connectivity index (χ0) is 18.4. The highest BCUT2D eigenvalue weighted by Gasteiger charge is 2.26. The van der Waals surface area contributed by atoms with Crippen molar-refractivity contribution in [2.24, 2.45) is 5.92 Å². The summed E-state index contributed by atoms with van der Waals surface area (Å²) in [6.07, 6.45) is 10.4. The largest absolute Gasteiger partial charge is 0.497 e. The molecule has 2 aliphatic rings. The van der Waals surface area contributed by atoms with E-state index in [0.29, 0.717) is 12.0 Å². The number of hydrogen-bond donors (Lipinski definition) is 1. The van der Waals surface area contributed by atoms with Crippen molar-refractivity contribution < 1.29 is 9.47 Å². The lowest BCUT2D eigenvalue weighted by atomic mass is 9.92. The Labute approximate surface area is 157 Å². The summed E-state index contributed by atoms with van der Waals surface area (Å²) < 4.78 is 10.8. The Balaban J connectivity index is 1.51. The van der Waals surface area contributed by atoms with Gasteiger partial charge in [-0.1, -0.05) is 36.8 Å². The second-order valence-corrected chi connectivity index (χ2v) is 7.46. The van der Waals surface area contributed by atoms with Crippen LogP contribution in [0, 0.1) is 5.92 Å². The van der Waals surface area contributed by atoms with Gasteiger partial charge in [0.15, 0.2) is 0 Å². The van der Waals surface area contributed by atoms with Crippen molar-refractivity contribution in [3.63, 3.8) is 0 Å². The molecule has 1 saturated heterocycles. The standard InChI is InChI=1S/C22H32N2O2/c1-17-15-24(16-18-7-5-4-6-8-18)12-11-21(17)23-14-19-9-10-20(25-2)13-22(19)26-3/h4-5,7,9-10,13,17,21,23H,6,8,11-12,14-16H2,1-3H3. The van der Waals surface area contributed by atoms with Crippen molar-refractivity contribution in [1.82, 2.24) is 10.2 Å². The van der Waals surface area contributed by atoms with E-state index in [0.717, 1.165) is 24.6 Å². The molecule has 142 valence electrons. The van der Waals surface area contributed by atoms with Gasteiger partial charge in [-0.05, 0) is 37.8 Å². The van der Waals surface area contributed by atoms with E-state index in [1.165, 1.54) is 37.9 Å². The molecule has 3 rings (SSSR count). The third-order valence-electron chi connectivity index (χ3n) is 5.57. The summed E-state index contributed by atoms with van der Waals surface area (Å²) in [5, 5.41) is 3.75. The summed E-state index contributed by atoms with van der Waals surface area (Å²) in [5.41, 5.74) is 2.76. The average Bonchev–Trinajstić information content (AvgIpc) is 2.68. The molecule has 0 spiro atoms. The van der Waals surface area contributed by atoms with Crippen LogP contribution in [-0.4, -0.2) is 44.8 Å². The Bertz CT molecular complexity index is 654. The Kier molecular flexibility index (Phi) is 6.75. The van der Waals surface area contributed by atoms with E-state index in [4.69, 9.17) is 9.47 Å². The molecular formula is C22H32N2O2. The van der Waals surface area contributed by atoms with Crippen LogP contribution in [0.4, 0.5) is 0 Å². The molecule has 1 N–H and O–H groups in total. The normalized spacial score (nSPS) is 23.6. The monoisotopic (exact) mass is 356 g/mol. The first-order chi connectivity index (χ1) is 12.7. The molecule has 1 aliphatic heterocycles. The van der Waals surface area contributed by atoms with Crippen LogP contribution in [0.2, 0.25) is 0 Å². The molecule has 1 fully saturated rings.